The Hall–Kier alpha value is -4.01. The zero-order valence-corrected chi connectivity index (χ0v) is 20.3. The lowest BCUT2D eigenvalue weighted by Crippen LogP contribution is -2.08. The predicted octanol–water partition coefficient (Wildman–Crippen LogP) is 6.25. The van der Waals surface area contributed by atoms with Crippen molar-refractivity contribution in [2.24, 2.45) is 0 Å². The van der Waals surface area contributed by atoms with E-state index in [2.05, 4.69) is 9.97 Å². The number of thiophene rings is 2. The predicted molar refractivity (Wildman–Crippen MR) is 141 cm³/mol. The Morgan fingerprint density at radius 1 is 1.03 bits per heavy atom. The van der Waals surface area contributed by atoms with Crippen molar-refractivity contribution in [1.29, 1.82) is 0 Å². The van der Waals surface area contributed by atoms with Crippen molar-refractivity contribution in [3.63, 3.8) is 0 Å². The fraction of sp³-hybridized carbons (Fsp3) is 0.0741. The molecule has 0 bridgehead atoms. The summed E-state index contributed by atoms with van der Waals surface area (Å²) in [7, 11) is 1.36. The van der Waals surface area contributed by atoms with Crippen molar-refractivity contribution in [2.75, 3.05) is 7.11 Å². The van der Waals surface area contributed by atoms with Crippen molar-refractivity contribution in [1.82, 2.24) is 9.97 Å². The number of carbonyl (C=O) groups excluding carboxylic acids is 1. The molecular weight excluding hydrogens is 480 g/mol. The van der Waals surface area contributed by atoms with E-state index < -0.39 is 0 Å². The number of benzene rings is 2. The number of rotatable bonds is 7. The summed E-state index contributed by atoms with van der Waals surface area (Å²) in [4.78, 5) is 33.7. The number of H-pyrrole nitrogens is 1. The van der Waals surface area contributed by atoms with Crippen molar-refractivity contribution in [2.45, 2.75) is 6.61 Å². The van der Waals surface area contributed by atoms with Gasteiger partial charge in [0, 0.05) is 21.4 Å². The Bertz CT molecular complexity index is 1570. The molecule has 0 fully saturated rings. The van der Waals surface area contributed by atoms with Gasteiger partial charge in [-0.3, -0.25) is 4.79 Å². The molecule has 0 saturated heterocycles. The molecular formula is C27H20N2O4S2. The zero-order chi connectivity index (χ0) is 24.2. The summed E-state index contributed by atoms with van der Waals surface area (Å²) in [6.45, 7) is 0.341. The normalized spacial score (nSPS) is 11.2. The first-order valence-corrected chi connectivity index (χ1v) is 12.5. The molecule has 0 radical (unpaired) electrons. The average molecular weight is 501 g/mol. The first kappa shape index (κ1) is 22.8. The molecule has 0 aliphatic rings. The maximum absolute atomic E-state index is 12.8. The van der Waals surface area contributed by atoms with Gasteiger partial charge < -0.3 is 14.5 Å². The van der Waals surface area contributed by atoms with Crippen LogP contribution in [0.15, 0.2) is 76.2 Å². The smallest absolute Gasteiger partial charge is 0.337 e. The summed E-state index contributed by atoms with van der Waals surface area (Å²) in [6, 6.07) is 18.7. The molecule has 0 amide bonds. The van der Waals surface area contributed by atoms with E-state index in [0.717, 1.165) is 21.6 Å². The second kappa shape index (κ2) is 10.1. The Morgan fingerprint density at radius 3 is 2.63 bits per heavy atom. The maximum Gasteiger partial charge on any atom is 0.337 e. The van der Waals surface area contributed by atoms with Gasteiger partial charge in [-0.15, -0.1) is 22.7 Å². The molecule has 35 heavy (non-hydrogen) atoms. The van der Waals surface area contributed by atoms with E-state index >= 15 is 0 Å². The van der Waals surface area contributed by atoms with Crippen LogP contribution in [0.3, 0.4) is 0 Å². The maximum atomic E-state index is 12.8. The number of ether oxygens (including phenoxy) is 2. The molecule has 0 atom stereocenters. The highest BCUT2D eigenvalue weighted by molar-refractivity contribution is 7.18. The molecule has 1 N–H and O–H groups in total. The molecule has 174 valence electrons. The number of aromatic nitrogens is 2. The summed E-state index contributed by atoms with van der Waals surface area (Å²) in [5.41, 5.74) is 3.03. The van der Waals surface area contributed by atoms with Gasteiger partial charge in [0.15, 0.2) is 0 Å². The minimum Gasteiger partial charge on any atom is -0.488 e. The molecule has 3 heterocycles. The summed E-state index contributed by atoms with van der Waals surface area (Å²) < 4.78 is 10.8. The third kappa shape index (κ3) is 4.94. The molecule has 3 aromatic heterocycles. The van der Waals surface area contributed by atoms with Gasteiger partial charge in [0.1, 0.15) is 23.0 Å². The van der Waals surface area contributed by atoms with Gasteiger partial charge in [-0.25, -0.2) is 9.78 Å². The highest BCUT2D eigenvalue weighted by Gasteiger charge is 2.13. The van der Waals surface area contributed by atoms with Gasteiger partial charge in [0.2, 0.25) is 0 Å². The number of hydrogen-bond donors (Lipinski definition) is 1. The Balaban J connectivity index is 1.34. The van der Waals surface area contributed by atoms with Crippen molar-refractivity contribution in [3.8, 4) is 16.2 Å². The van der Waals surface area contributed by atoms with Crippen LogP contribution in [0.25, 0.3) is 32.8 Å². The third-order valence-electron chi connectivity index (χ3n) is 5.36. The van der Waals surface area contributed by atoms with Crippen LogP contribution in [-0.4, -0.2) is 23.0 Å². The van der Waals surface area contributed by atoms with Crippen LogP contribution in [0.5, 0.6) is 5.75 Å². The lowest BCUT2D eigenvalue weighted by Gasteiger charge is -2.09. The van der Waals surface area contributed by atoms with Crippen LogP contribution in [0.1, 0.15) is 27.3 Å². The van der Waals surface area contributed by atoms with E-state index in [1.54, 1.807) is 29.5 Å². The van der Waals surface area contributed by atoms with E-state index in [0.29, 0.717) is 34.0 Å². The molecule has 0 aliphatic heterocycles. The molecule has 8 heteroatoms. The summed E-state index contributed by atoms with van der Waals surface area (Å²) >= 11 is 3.06. The van der Waals surface area contributed by atoms with Gasteiger partial charge in [-0.1, -0.05) is 36.4 Å². The van der Waals surface area contributed by atoms with E-state index in [1.807, 2.05) is 65.4 Å². The molecule has 2 aromatic carbocycles. The van der Waals surface area contributed by atoms with Gasteiger partial charge in [-0.2, -0.15) is 0 Å². The molecule has 0 unspecified atom stereocenters. The van der Waals surface area contributed by atoms with Gasteiger partial charge in [-0.05, 0) is 47.4 Å². The monoisotopic (exact) mass is 500 g/mol. The van der Waals surface area contributed by atoms with Crippen LogP contribution in [0.4, 0.5) is 0 Å². The molecule has 5 aromatic rings. The number of hydrogen-bond acceptors (Lipinski definition) is 7. The van der Waals surface area contributed by atoms with Crippen molar-refractivity contribution < 1.29 is 14.3 Å². The molecule has 0 aliphatic carbocycles. The van der Waals surface area contributed by atoms with Crippen LogP contribution >= 0.6 is 22.7 Å². The minimum atomic E-state index is -0.372. The highest BCUT2D eigenvalue weighted by atomic mass is 32.1. The van der Waals surface area contributed by atoms with Gasteiger partial charge >= 0.3 is 5.97 Å². The van der Waals surface area contributed by atoms with Gasteiger partial charge in [0.05, 0.1) is 18.1 Å². The lowest BCUT2D eigenvalue weighted by atomic mass is 10.1. The quantitative estimate of drug-likeness (QED) is 0.267. The first-order valence-electron chi connectivity index (χ1n) is 10.7. The van der Waals surface area contributed by atoms with E-state index in [-0.39, 0.29) is 11.5 Å². The van der Waals surface area contributed by atoms with Crippen LogP contribution in [-0.2, 0) is 11.3 Å². The van der Waals surface area contributed by atoms with E-state index in [9.17, 15) is 9.59 Å². The fourth-order valence-electron chi connectivity index (χ4n) is 3.59. The van der Waals surface area contributed by atoms with E-state index in [4.69, 9.17) is 9.47 Å². The number of fused-ring (bicyclic) bond motifs is 1. The lowest BCUT2D eigenvalue weighted by molar-refractivity contribution is 0.0600. The number of aromatic amines is 1. The van der Waals surface area contributed by atoms with Crippen molar-refractivity contribution in [3.05, 3.63) is 104 Å². The number of para-hydroxylation sites is 1. The second-order valence-corrected chi connectivity index (χ2v) is 9.41. The highest BCUT2D eigenvalue weighted by Crippen LogP contribution is 2.33. The number of carbonyl (C=O) groups is 1. The van der Waals surface area contributed by atoms with Crippen molar-refractivity contribution >= 4 is 51.0 Å². The average Bonchev–Trinajstić information content (AvgIpc) is 3.57. The fourth-order valence-corrected chi connectivity index (χ4v) is 5.36. The zero-order valence-electron chi connectivity index (χ0n) is 18.7. The standard InChI is InChI=1S/C27H20N2O4S2/c1-32-27(31)19-10-8-17(9-11-19)15-33-21-6-3-2-5-18(21)12-13-23-28-25(30)24-20(16-35-26(24)29-23)22-7-4-14-34-22/h2-14,16H,15H2,1H3,(H,28,29,30). The first-order chi connectivity index (χ1) is 17.1. The Kier molecular flexibility index (Phi) is 6.56. The van der Waals surface area contributed by atoms with Crippen LogP contribution in [0.2, 0.25) is 0 Å². The Morgan fingerprint density at radius 2 is 1.86 bits per heavy atom. The topological polar surface area (TPSA) is 81.3 Å². The van der Waals surface area contributed by atoms with E-state index in [1.165, 1.54) is 18.4 Å². The number of esters is 1. The molecule has 5 rings (SSSR count). The number of methoxy groups -OCH3 is 1. The van der Waals surface area contributed by atoms with Crippen LogP contribution < -0.4 is 10.3 Å². The minimum absolute atomic E-state index is 0.153. The summed E-state index contributed by atoms with van der Waals surface area (Å²) in [5.74, 6) is 0.804. The number of nitrogens with zero attached hydrogens (tertiary/aromatic N) is 1. The Labute approximate surface area is 209 Å². The molecule has 6 nitrogen and oxygen atoms in total. The second-order valence-electron chi connectivity index (χ2n) is 7.61. The summed E-state index contributed by atoms with van der Waals surface area (Å²) in [5, 5.41) is 4.60. The SMILES string of the molecule is COC(=O)c1ccc(COc2ccccc2C=Cc2nc3scc(-c4cccs4)c3c(=O)[nH]2)cc1. The molecule has 0 saturated carbocycles. The van der Waals surface area contributed by atoms with Gasteiger partial charge in [0.25, 0.3) is 5.56 Å². The summed E-state index contributed by atoms with van der Waals surface area (Å²) in [6.07, 6.45) is 3.65. The van der Waals surface area contributed by atoms with Crippen LogP contribution in [0, 0.1) is 0 Å². The largest absolute Gasteiger partial charge is 0.488 e. The third-order valence-corrected chi connectivity index (χ3v) is 7.13. The molecule has 0 spiro atoms. The number of nitrogens with one attached hydrogen (secondary N) is 1.